The maximum absolute atomic E-state index is 14.3. The number of carbonyl (C=O) groups excluding carboxylic acids is 4. The van der Waals surface area contributed by atoms with Crippen LogP contribution in [0.15, 0.2) is 30.3 Å². The maximum atomic E-state index is 14.3. The highest BCUT2D eigenvalue weighted by Crippen LogP contribution is 2.34. The molecule has 0 aliphatic carbocycles. The van der Waals surface area contributed by atoms with Gasteiger partial charge in [-0.15, -0.1) is 0 Å². The van der Waals surface area contributed by atoms with E-state index in [1.165, 1.54) is 28.0 Å². The summed E-state index contributed by atoms with van der Waals surface area (Å²) in [6.45, 7) is 0.366. The quantitative estimate of drug-likeness (QED) is 0.745. The average molecular weight is 425 g/mol. The fourth-order valence-electron chi connectivity index (χ4n) is 4.52. The van der Waals surface area contributed by atoms with Gasteiger partial charge >= 0.3 is 0 Å². The minimum atomic E-state index is -0.791. The van der Waals surface area contributed by atoms with Crippen LogP contribution in [0.25, 0.3) is 0 Å². The Hall–Kier alpha value is -3.62. The standard InChI is InChI=1S/C22H17F2N3O4/c23-14-8-11-5-6-26(19(11)16(24)9-14)21(30)12-1-2-15-13(7-12)10-27(22(15)31)17-3-4-18(28)25-20(17)29/h1-2,7-9,17H,3-6,10H2,(H,25,28,29). The van der Waals surface area contributed by atoms with Crippen molar-refractivity contribution >= 4 is 29.3 Å². The van der Waals surface area contributed by atoms with Crippen LogP contribution in [0.1, 0.15) is 44.7 Å². The molecule has 158 valence electrons. The van der Waals surface area contributed by atoms with Crippen molar-refractivity contribution in [1.29, 1.82) is 0 Å². The molecule has 1 atom stereocenters. The van der Waals surface area contributed by atoms with Gasteiger partial charge in [0.25, 0.3) is 11.8 Å². The molecule has 31 heavy (non-hydrogen) atoms. The third-order valence-corrected chi connectivity index (χ3v) is 6.00. The van der Waals surface area contributed by atoms with Crippen molar-refractivity contribution in [3.63, 3.8) is 0 Å². The van der Waals surface area contributed by atoms with Crippen molar-refractivity contribution in [2.75, 3.05) is 11.4 Å². The van der Waals surface area contributed by atoms with E-state index in [1.807, 2.05) is 0 Å². The number of carbonyl (C=O) groups is 4. The minimum Gasteiger partial charge on any atom is -0.322 e. The molecule has 5 rings (SSSR count). The largest absolute Gasteiger partial charge is 0.322 e. The molecule has 1 unspecified atom stereocenters. The van der Waals surface area contributed by atoms with Crippen LogP contribution in [0.3, 0.4) is 0 Å². The molecule has 3 aliphatic rings. The van der Waals surface area contributed by atoms with Gasteiger partial charge in [-0.05, 0) is 48.2 Å². The van der Waals surface area contributed by atoms with Crippen LogP contribution < -0.4 is 10.2 Å². The second-order valence-electron chi connectivity index (χ2n) is 7.87. The normalized spacial score (nSPS) is 20.1. The Morgan fingerprint density at radius 2 is 1.84 bits per heavy atom. The van der Waals surface area contributed by atoms with Gasteiger partial charge in [0.15, 0.2) is 0 Å². The van der Waals surface area contributed by atoms with Crippen molar-refractivity contribution in [2.24, 2.45) is 0 Å². The van der Waals surface area contributed by atoms with Crippen LogP contribution in [0, 0.1) is 11.6 Å². The second-order valence-corrected chi connectivity index (χ2v) is 7.87. The van der Waals surface area contributed by atoms with E-state index in [2.05, 4.69) is 5.32 Å². The Balaban J connectivity index is 1.41. The average Bonchev–Trinajstić information content (AvgIpc) is 3.29. The van der Waals surface area contributed by atoms with Crippen LogP contribution in [0.4, 0.5) is 14.5 Å². The predicted octanol–water partition coefficient (Wildman–Crippen LogP) is 1.93. The fraction of sp³-hybridized carbons (Fsp3) is 0.273. The Labute approximate surface area is 175 Å². The topological polar surface area (TPSA) is 86.8 Å². The van der Waals surface area contributed by atoms with Gasteiger partial charge in [0.05, 0.1) is 5.69 Å². The fourth-order valence-corrected chi connectivity index (χ4v) is 4.52. The molecular formula is C22H17F2N3O4. The van der Waals surface area contributed by atoms with E-state index in [0.717, 1.165) is 6.07 Å². The second kappa shape index (κ2) is 6.97. The first-order valence-corrected chi connectivity index (χ1v) is 9.91. The molecule has 3 aliphatic heterocycles. The van der Waals surface area contributed by atoms with Crippen LogP contribution in [-0.2, 0) is 22.6 Å². The Kier molecular flexibility index (Phi) is 4.35. The number of nitrogens with zero attached hydrogens (tertiary/aromatic N) is 2. The number of anilines is 1. The lowest BCUT2D eigenvalue weighted by Gasteiger charge is -2.29. The molecule has 0 saturated carbocycles. The molecule has 3 heterocycles. The van der Waals surface area contributed by atoms with Crippen LogP contribution >= 0.6 is 0 Å². The molecule has 7 nitrogen and oxygen atoms in total. The molecule has 0 spiro atoms. The third kappa shape index (κ3) is 3.08. The maximum Gasteiger partial charge on any atom is 0.258 e. The van der Waals surface area contributed by atoms with E-state index in [4.69, 9.17) is 0 Å². The number of amides is 4. The van der Waals surface area contributed by atoms with E-state index < -0.39 is 29.5 Å². The van der Waals surface area contributed by atoms with Gasteiger partial charge in [0, 0.05) is 36.7 Å². The van der Waals surface area contributed by atoms with Crippen LogP contribution in [-0.4, -0.2) is 41.1 Å². The number of imide groups is 1. The summed E-state index contributed by atoms with van der Waals surface area (Å²) in [5.74, 6) is -3.13. The number of fused-ring (bicyclic) bond motifs is 2. The highest BCUT2D eigenvalue weighted by Gasteiger charge is 2.39. The van der Waals surface area contributed by atoms with Gasteiger partial charge in [-0.1, -0.05) is 0 Å². The van der Waals surface area contributed by atoms with Crippen LogP contribution in [0.2, 0.25) is 0 Å². The van der Waals surface area contributed by atoms with Crippen molar-refractivity contribution in [2.45, 2.75) is 31.8 Å². The zero-order chi connectivity index (χ0) is 21.9. The molecule has 9 heteroatoms. The summed E-state index contributed by atoms with van der Waals surface area (Å²) in [6.07, 6.45) is 0.750. The summed E-state index contributed by atoms with van der Waals surface area (Å²) in [5, 5.41) is 2.24. The summed E-state index contributed by atoms with van der Waals surface area (Å²) in [7, 11) is 0. The van der Waals surface area contributed by atoms with Crippen LogP contribution in [0.5, 0.6) is 0 Å². The molecule has 2 aromatic carbocycles. The first-order chi connectivity index (χ1) is 14.8. The summed E-state index contributed by atoms with van der Waals surface area (Å²) in [4.78, 5) is 52.1. The summed E-state index contributed by atoms with van der Waals surface area (Å²) in [5.41, 5.74) is 1.75. The van der Waals surface area contributed by atoms with Gasteiger partial charge in [-0.25, -0.2) is 8.78 Å². The lowest BCUT2D eigenvalue weighted by atomic mass is 10.0. The lowest BCUT2D eigenvalue weighted by Crippen LogP contribution is -2.52. The summed E-state index contributed by atoms with van der Waals surface area (Å²) >= 11 is 0. The van der Waals surface area contributed by atoms with E-state index in [9.17, 15) is 28.0 Å². The monoisotopic (exact) mass is 425 g/mol. The molecule has 1 N–H and O–H groups in total. The SMILES string of the molecule is O=C1CCC(N2Cc3cc(C(=O)N4CCc5cc(F)cc(F)c54)ccc3C2=O)C(=O)N1. The highest BCUT2D eigenvalue weighted by molar-refractivity contribution is 6.09. The molecule has 0 aromatic heterocycles. The Morgan fingerprint density at radius 1 is 1.03 bits per heavy atom. The summed E-state index contributed by atoms with van der Waals surface area (Å²) in [6, 6.07) is 5.82. The van der Waals surface area contributed by atoms with Gasteiger partial charge in [-0.2, -0.15) is 0 Å². The smallest absolute Gasteiger partial charge is 0.258 e. The molecular weight excluding hydrogens is 408 g/mol. The number of rotatable bonds is 2. The Morgan fingerprint density at radius 3 is 2.61 bits per heavy atom. The predicted molar refractivity (Wildman–Crippen MR) is 104 cm³/mol. The van der Waals surface area contributed by atoms with Gasteiger partial charge in [-0.3, -0.25) is 24.5 Å². The number of nitrogens with one attached hydrogen (secondary N) is 1. The van der Waals surface area contributed by atoms with E-state index in [1.54, 1.807) is 6.07 Å². The van der Waals surface area contributed by atoms with Gasteiger partial charge in [0.2, 0.25) is 11.8 Å². The first-order valence-electron chi connectivity index (χ1n) is 9.91. The number of halogens is 2. The van der Waals surface area contributed by atoms with Crippen molar-refractivity contribution in [3.8, 4) is 0 Å². The molecule has 0 radical (unpaired) electrons. The molecule has 1 saturated heterocycles. The number of hydrogen-bond acceptors (Lipinski definition) is 4. The van der Waals surface area contributed by atoms with Crippen molar-refractivity contribution < 1.29 is 28.0 Å². The highest BCUT2D eigenvalue weighted by atomic mass is 19.1. The molecule has 2 aromatic rings. The number of hydrogen-bond donors (Lipinski definition) is 1. The summed E-state index contributed by atoms with van der Waals surface area (Å²) < 4.78 is 27.8. The van der Waals surface area contributed by atoms with Crippen molar-refractivity contribution in [1.82, 2.24) is 10.2 Å². The van der Waals surface area contributed by atoms with E-state index >= 15 is 0 Å². The lowest BCUT2D eigenvalue weighted by molar-refractivity contribution is -0.136. The number of benzene rings is 2. The zero-order valence-electron chi connectivity index (χ0n) is 16.3. The zero-order valence-corrected chi connectivity index (χ0v) is 16.3. The number of piperidine rings is 1. The molecule has 0 bridgehead atoms. The molecule has 1 fully saturated rings. The minimum absolute atomic E-state index is 0.0770. The molecule has 4 amide bonds. The Bertz CT molecular complexity index is 1180. The third-order valence-electron chi connectivity index (χ3n) is 6.00. The van der Waals surface area contributed by atoms with Gasteiger partial charge in [0.1, 0.15) is 17.7 Å². The van der Waals surface area contributed by atoms with Gasteiger partial charge < -0.3 is 9.80 Å². The van der Waals surface area contributed by atoms with Crippen molar-refractivity contribution in [3.05, 3.63) is 64.2 Å². The van der Waals surface area contributed by atoms with E-state index in [-0.39, 0.29) is 49.0 Å². The first kappa shape index (κ1) is 19.3. The van der Waals surface area contributed by atoms with E-state index in [0.29, 0.717) is 23.1 Å².